The number of amides is 1. The van der Waals surface area contributed by atoms with Gasteiger partial charge in [-0.3, -0.25) is 14.2 Å². The van der Waals surface area contributed by atoms with Gasteiger partial charge in [-0.05, 0) is 18.4 Å². The summed E-state index contributed by atoms with van der Waals surface area (Å²) in [6.07, 6.45) is 3.03. The fourth-order valence-corrected chi connectivity index (χ4v) is 4.58. The third-order valence-electron chi connectivity index (χ3n) is 4.83. The van der Waals surface area contributed by atoms with Crippen LogP contribution in [0.4, 0.5) is 0 Å². The van der Waals surface area contributed by atoms with Gasteiger partial charge in [-0.2, -0.15) is 0 Å². The topological polar surface area (TPSA) is 55.2 Å². The molecule has 1 amide bonds. The van der Waals surface area contributed by atoms with Crippen molar-refractivity contribution in [3.63, 3.8) is 0 Å². The van der Waals surface area contributed by atoms with Gasteiger partial charge in [0.1, 0.15) is 10.9 Å². The third-order valence-corrected chi connectivity index (χ3v) is 6.07. The van der Waals surface area contributed by atoms with Crippen LogP contribution in [0.25, 0.3) is 21.3 Å². The van der Waals surface area contributed by atoms with Crippen molar-refractivity contribution in [3.05, 3.63) is 51.9 Å². The van der Waals surface area contributed by atoms with E-state index in [0.29, 0.717) is 18.4 Å². The summed E-state index contributed by atoms with van der Waals surface area (Å²) in [5.74, 6) is -0.0181. The molecule has 3 heterocycles. The average Bonchev–Trinajstić information content (AvgIpc) is 3.18. The molecule has 3 aromatic rings. The van der Waals surface area contributed by atoms with Gasteiger partial charge in [0.2, 0.25) is 5.91 Å². The molecule has 1 saturated heterocycles. The number of thiophene rings is 1. The molecule has 1 fully saturated rings. The number of aryl methyl sites for hydroxylation is 1. The summed E-state index contributed by atoms with van der Waals surface area (Å²) in [7, 11) is 1.77. The normalized spacial score (nSPS) is 17.6. The number of fused-ring (bicyclic) bond motifs is 1. The van der Waals surface area contributed by atoms with Crippen molar-refractivity contribution in [2.45, 2.75) is 25.8 Å². The molecule has 5 nitrogen and oxygen atoms in total. The van der Waals surface area contributed by atoms with E-state index in [1.807, 2.05) is 30.3 Å². The molecule has 0 radical (unpaired) electrons. The molecule has 2 aromatic heterocycles. The maximum Gasteiger partial charge on any atom is 0.263 e. The predicted octanol–water partition coefficient (Wildman–Crippen LogP) is 3.09. The number of likely N-dealkylation sites (N-methyl/N-ethyl adjacent to an activating group) is 1. The van der Waals surface area contributed by atoms with Crippen LogP contribution in [0.2, 0.25) is 0 Å². The molecule has 6 heteroatoms. The van der Waals surface area contributed by atoms with Gasteiger partial charge >= 0.3 is 0 Å². The lowest BCUT2D eigenvalue weighted by Crippen LogP contribution is -2.31. The Hall–Kier alpha value is -2.47. The molecule has 128 valence electrons. The first kappa shape index (κ1) is 16.0. The summed E-state index contributed by atoms with van der Waals surface area (Å²) < 4.78 is 1.52. The second-order valence-corrected chi connectivity index (χ2v) is 7.40. The number of aromatic nitrogens is 2. The minimum atomic E-state index is -0.442. The molecule has 0 bridgehead atoms. The van der Waals surface area contributed by atoms with Crippen LogP contribution in [0, 0.1) is 0 Å². The van der Waals surface area contributed by atoms with Crippen molar-refractivity contribution < 1.29 is 4.79 Å². The van der Waals surface area contributed by atoms with E-state index in [4.69, 9.17) is 0 Å². The van der Waals surface area contributed by atoms with Gasteiger partial charge in [0.05, 0.1) is 11.7 Å². The minimum absolute atomic E-state index is 0.0181. The van der Waals surface area contributed by atoms with E-state index >= 15 is 0 Å². The summed E-state index contributed by atoms with van der Waals surface area (Å²) >= 11 is 1.57. The highest BCUT2D eigenvalue weighted by molar-refractivity contribution is 7.19. The fourth-order valence-electron chi connectivity index (χ4n) is 3.49. The van der Waals surface area contributed by atoms with Crippen molar-refractivity contribution in [3.8, 4) is 11.1 Å². The number of likely N-dealkylation sites (tertiary alicyclic amines) is 1. The van der Waals surface area contributed by atoms with Crippen molar-refractivity contribution in [1.29, 1.82) is 0 Å². The maximum atomic E-state index is 13.2. The van der Waals surface area contributed by atoms with E-state index in [1.54, 1.807) is 23.3 Å². The lowest BCUT2D eigenvalue weighted by Gasteiger charge is -2.13. The lowest BCUT2D eigenvalue weighted by atomic mass is 10.0. The fraction of sp³-hybridized carbons (Fsp3) is 0.316. The van der Waals surface area contributed by atoms with Crippen LogP contribution in [0.3, 0.4) is 0 Å². The van der Waals surface area contributed by atoms with E-state index in [2.05, 4.69) is 11.9 Å². The van der Waals surface area contributed by atoms with E-state index in [9.17, 15) is 9.59 Å². The molecule has 1 aliphatic heterocycles. The molecule has 1 atom stereocenters. The van der Waals surface area contributed by atoms with Crippen LogP contribution < -0.4 is 5.56 Å². The Kier molecular flexibility index (Phi) is 3.92. The second kappa shape index (κ2) is 6.11. The molecule has 0 aliphatic carbocycles. The summed E-state index contributed by atoms with van der Waals surface area (Å²) in [6.45, 7) is 2.76. The zero-order valence-electron chi connectivity index (χ0n) is 14.2. The van der Waals surface area contributed by atoms with Crippen LogP contribution >= 0.6 is 11.3 Å². The minimum Gasteiger partial charge on any atom is -0.344 e. The van der Waals surface area contributed by atoms with Gasteiger partial charge < -0.3 is 4.90 Å². The highest BCUT2D eigenvalue weighted by Crippen LogP contribution is 2.36. The zero-order valence-corrected chi connectivity index (χ0v) is 15.0. The Labute approximate surface area is 149 Å². The molecule has 25 heavy (non-hydrogen) atoms. The monoisotopic (exact) mass is 353 g/mol. The van der Waals surface area contributed by atoms with Crippen LogP contribution in [0.5, 0.6) is 0 Å². The van der Waals surface area contributed by atoms with Gasteiger partial charge in [0.15, 0.2) is 0 Å². The number of hydrogen-bond acceptors (Lipinski definition) is 4. The molecule has 0 saturated carbocycles. The van der Waals surface area contributed by atoms with E-state index in [0.717, 1.165) is 27.3 Å². The Morgan fingerprint density at radius 1 is 1.24 bits per heavy atom. The van der Waals surface area contributed by atoms with E-state index < -0.39 is 6.04 Å². The first-order valence-corrected chi connectivity index (χ1v) is 9.26. The van der Waals surface area contributed by atoms with E-state index in [-0.39, 0.29) is 11.5 Å². The number of rotatable bonds is 3. The molecule has 1 aliphatic rings. The Bertz CT molecular complexity index is 1010. The molecule has 0 spiro atoms. The van der Waals surface area contributed by atoms with Crippen LogP contribution in [0.1, 0.15) is 24.3 Å². The van der Waals surface area contributed by atoms with Gasteiger partial charge in [0.25, 0.3) is 5.56 Å². The zero-order chi connectivity index (χ0) is 17.6. The largest absolute Gasteiger partial charge is 0.344 e. The first-order valence-electron chi connectivity index (χ1n) is 8.44. The highest BCUT2D eigenvalue weighted by atomic mass is 32.1. The Morgan fingerprint density at radius 3 is 2.64 bits per heavy atom. The number of carbonyl (C=O) groups excluding carboxylic acids is 1. The molecule has 4 rings (SSSR count). The van der Waals surface area contributed by atoms with Crippen LogP contribution in [-0.2, 0) is 11.2 Å². The molecule has 1 unspecified atom stereocenters. The van der Waals surface area contributed by atoms with Gasteiger partial charge in [-0.1, -0.05) is 37.3 Å². The average molecular weight is 353 g/mol. The third kappa shape index (κ3) is 2.48. The predicted molar refractivity (Wildman–Crippen MR) is 100.0 cm³/mol. The maximum absolute atomic E-state index is 13.2. The van der Waals surface area contributed by atoms with Crippen LogP contribution in [-0.4, -0.2) is 34.0 Å². The molecule has 0 N–H and O–H groups in total. The number of hydrogen-bond donors (Lipinski definition) is 0. The molecular formula is C19H19N3O2S. The van der Waals surface area contributed by atoms with Gasteiger partial charge in [0, 0.05) is 24.0 Å². The molecular weight excluding hydrogens is 334 g/mol. The second-order valence-electron chi connectivity index (χ2n) is 6.32. The highest BCUT2D eigenvalue weighted by Gasteiger charge is 2.32. The first-order chi connectivity index (χ1) is 12.1. The van der Waals surface area contributed by atoms with Gasteiger partial charge in [-0.15, -0.1) is 11.3 Å². The Balaban J connectivity index is 1.98. The van der Waals surface area contributed by atoms with E-state index in [1.165, 1.54) is 10.9 Å². The SMILES string of the molecule is CCc1sc2ncn(C3CCN(C)C3=O)c(=O)c2c1-c1ccccc1. The van der Waals surface area contributed by atoms with Crippen LogP contribution in [0.15, 0.2) is 41.5 Å². The number of carbonyl (C=O) groups is 1. The standard InChI is InChI=1S/C19H19N3O2S/c1-3-14-15(12-7-5-4-6-8-12)16-17(25-14)20-11-22(19(16)24)13-9-10-21(2)18(13)23/h4-8,11,13H,3,9-10H2,1-2H3. The van der Waals surface area contributed by atoms with Crippen molar-refractivity contribution in [2.24, 2.45) is 0 Å². The van der Waals surface area contributed by atoms with Crippen molar-refractivity contribution in [1.82, 2.24) is 14.5 Å². The van der Waals surface area contributed by atoms with Crippen molar-refractivity contribution in [2.75, 3.05) is 13.6 Å². The molecule has 1 aromatic carbocycles. The summed E-state index contributed by atoms with van der Waals surface area (Å²) in [4.78, 5) is 33.7. The van der Waals surface area contributed by atoms with Gasteiger partial charge in [-0.25, -0.2) is 4.98 Å². The summed E-state index contributed by atoms with van der Waals surface area (Å²) in [5.41, 5.74) is 1.87. The lowest BCUT2D eigenvalue weighted by molar-refractivity contribution is -0.129. The number of nitrogens with zero attached hydrogens (tertiary/aromatic N) is 3. The quantitative estimate of drug-likeness (QED) is 0.727. The number of benzene rings is 1. The van der Waals surface area contributed by atoms with Crippen molar-refractivity contribution >= 4 is 27.5 Å². The summed E-state index contributed by atoms with van der Waals surface area (Å²) in [5, 5.41) is 0.637. The smallest absolute Gasteiger partial charge is 0.263 e. The Morgan fingerprint density at radius 2 is 2.00 bits per heavy atom. The summed E-state index contributed by atoms with van der Waals surface area (Å²) in [6, 6.07) is 9.51.